The van der Waals surface area contributed by atoms with Crippen LogP contribution in [0.25, 0.3) is 44.3 Å². The van der Waals surface area contributed by atoms with Gasteiger partial charge in [-0.2, -0.15) is 9.97 Å². The number of nitrogens with zero attached hydrogens (tertiary/aromatic N) is 3. The first kappa shape index (κ1) is 7.02. The normalized spacial score (nSPS) is 18.4. The minimum Gasteiger partial charge on any atom is -0.208 e. The topological polar surface area (TPSA) is 38.7 Å². The summed E-state index contributed by atoms with van der Waals surface area (Å²) < 4.78 is 116. The number of rotatable bonds is 2. The quantitative estimate of drug-likeness (QED) is 0.367. The van der Waals surface area contributed by atoms with Crippen LogP contribution in [0.2, 0.25) is 5.28 Å². The average molecular weight is 382 g/mol. The van der Waals surface area contributed by atoms with Crippen LogP contribution in [0.3, 0.4) is 0 Å². The Hall–Kier alpha value is -3.30. The van der Waals surface area contributed by atoms with Crippen molar-refractivity contribution in [3.63, 3.8) is 0 Å². The standard InChI is InChI=1S/C23H14ClN3/c24-23-26-21(18-13-12-15-6-1-2-8-17(15)14-18)25-22(27-23)20-11-5-9-16-7-3-4-10-19(16)20/h1-14H/i1D,2D,3D,4D,5D,6D,7D,8D,9D,10D,11D,12D,13D,14D. The fourth-order valence-electron chi connectivity index (χ4n) is 2.45. The van der Waals surface area contributed by atoms with Gasteiger partial charge in [-0.25, -0.2) is 4.98 Å². The Morgan fingerprint density at radius 3 is 2.22 bits per heavy atom. The van der Waals surface area contributed by atoms with E-state index in [1.165, 1.54) is 0 Å². The van der Waals surface area contributed by atoms with Gasteiger partial charge in [-0.1, -0.05) is 78.6 Å². The lowest BCUT2D eigenvalue weighted by atomic mass is 10.0. The highest BCUT2D eigenvalue weighted by Crippen LogP contribution is 2.29. The molecule has 0 aliphatic heterocycles. The van der Waals surface area contributed by atoms with Gasteiger partial charge in [-0.15, -0.1) is 0 Å². The molecule has 4 aromatic carbocycles. The molecule has 0 saturated carbocycles. The number of fused-ring (bicyclic) bond motifs is 2. The zero-order chi connectivity index (χ0) is 30.4. The maximum atomic E-state index is 8.73. The van der Waals surface area contributed by atoms with Crippen molar-refractivity contribution >= 4 is 33.1 Å². The molecule has 5 rings (SSSR count). The van der Waals surface area contributed by atoms with Crippen LogP contribution in [-0.2, 0) is 0 Å². The van der Waals surface area contributed by atoms with E-state index in [0.717, 1.165) is 0 Å². The third-order valence-electron chi connectivity index (χ3n) is 3.62. The summed E-state index contributed by atoms with van der Waals surface area (Å²) in [4.78, 5) is 12.1. The number of halogens is 1. The molecule has 0 saturated heterocycles. The minimum atomic E-state index is -0.687. The number of hydrogen-bond acceptors (Lipinski definition) is 3. The average Bonchev–Trinajstić information content (AvgIpc) is 2.92. The Kier molecular flexibility index (Phi) is 1.68. The lowest BCUT2D eigenvalue weighted by Crippen LogP contribution is -1.97. The van der Waals surface area contributed by atoms with E-state index in [-0.39, 0.29) is 27.1 Å². The maximum Gasteiger partial charge on any atom is 0.226 e. The van der Waals surface area contributed by atoms with Gasteiger partial charge in [0.05, 0.1) is 19.2 Å². The van der Waals surface area contributed by atoms with Crippen LogP contribution < -0.4 is 0 Å². The van der Waals surface area contributed by atoms with Crippen molar-refractivity contribution in [2.75, 3.05) is 0 Å². The van der Waals surface area contributed by atoms with Gasteiger partial charge in [0.25, 0.3) is 0 Å². The molecule has 0 N–H and O–H groups in total. The SMILES string of the molecule is [2H]c1c([2H])c([2H])c2c([2H])c(-c3nc(Cl)nc(-c4c([2H])c([2H])c([2H])c5c([2H])c([2H])c([2H])c([2H])c45)n3)c([2H])c([2H])c2c1[2H]. The highest BCUT2D eigenvalue weighted by Gasteiger charge is 2.12. The van der Waals surface area contributed by atoms with Crippen molar-refractivity contribution in [1.29, 1.82) is 0 Å². The first-order valence-electron chi connectivity index (χ1n) is 14.5. The first-order valence-corrected chi connectivity index (χ1v) is 7.91. The molecule has 0 aliphatic carbocycles. The van der Waals surface area contributed by atoms with Gasteiger partial charge in [0.2, 0.25) is 5.28 Å². The monoisotopic (exact) mass is 381 g/mol. The second kappa shape index (κ2) is 6.45. The molecule has 5 aromatic rings. The Balaban J connectivity index is 1.94. The Bertz CT molecular complexity index is 2010. The molecule has 27 heavy (non-hydrogen) atoms. The minimum absolute atomic E-state index is 0.332. The molecule has 0 spiro atoms. The second-order valence-corrected chi connectivity index (χ2v) is 5.59. The molecule has 4 heteroatoms. The van der Waals surface area contributed by atoms with E-state index in [0.29, 0.717) is 0 Å². The lowest BCUT2D eigenvalue weighted by Gasteiger charge is -2.08. The molecule has 1 heterocycles. The van der Waals surface area contributed by atoms with Gasteiger partial charge < -0.3 is 0 Å². The van der Waals surface area contributed by atoms with Crippen molar-refractivity contribution in [1.82, 2.24) is 15.0 Å². The highest BCUT2D eigenvalue weighted by molar-refractivity contribution is 6.28. The van der Waals surface area contributed by atoms with Crippen LogP contribution in [0.4, 0.5) is 0 Å². The number of benzene rings is 4. The highest BCUT2D eigenvalue weighted by atomic mass is 35.5. The van der Waals surface area contributed by atoms with E-state index in [4.69, 9.17) is 30.8 Å². The van der Waals surface area contributed by atoms with Crippen molar-refractivity contribution in [3.05, 3.63) is 89.9 Å². The predicted molar refractivity (Wildman–Crippen MR) is 111 cm³/mol. The molecule has 1 aromatic heterocycles. The molecule has 0 unspecified atom stereocenters. The van der Waals surface area contributed by atoms with E-state index in [9.17, 15) is 0 Å². The molecule has 0 fully saturated rings. The molecule has 128 valence electrons. The number of aromatic nitrogens is 3. The van der Waals surface area contributed by atoms with Crippen molar-refractivity contribution in [2.24, 2.45) is 0 Å². The van der Waals surface area contributed by atoms with Crippen LogP contribution in [0.1, 0.15) is 19.2 Å². The van der Waals surface area contributed by atoms with Crippen LogP contribution in [0, 0.1) is 0 Å². The first-order chi connectivity index (χ1) is 19.1. The van der Waals surface area contributed by atoms with E-state index in [1.807, 2.05) is 0 Å². The fourth-order valence-corrected chi connectivity index (χ4v) is 2.61. The number of hydrogen-bond donors (Lipinski definition) is 0. The summed E-state index contributed by atoms with van der Waals surface area (Å²) in [7, 11) is 0. The van der Waals surface area contributed by atoms with E-state index < -0.39 is 107 Å². The van der Waals surface area contributed by atoms with E-state index >= 15 is 0 Å². The largest absolute Gasteiger partial charge is 0.226 e. The van der Waals surface area contributed by atoms with Crippen molar-refractivity contribution in [3.8, 4) is 22.8 Å². The zero-order valence-corrected chi connectivity index (χ0v) is 14.0. The van der Waals surface area contributed by atoms with Crippen LogP contribution in [0.15, 0.2) is 84.6 Å². The Morgan fingerprint density at radius 2 is 1.33 bits per heavy atom. The van der Waals surface area contributed by atoms with E-state index in [1.54, 1.807) is 0 Å². The molecular formula is C23H14ClN3. The van der Waals surface area contributed by atoms with Gasteiger partial charge >= 0.3 is 0 Å². The summed E-state index contributed by atoms with van der Waals surface area (Å²) in [6, 6.07) is -8.99. The summed E-state index contributed by atoms with van der Waals surface area (Å²) in [5.74, 6) is -0.971. The Labute approximate surface area is 181 Å². The summed E-state index contributed by atoms with van der Waals surface area (Å²) in [5, 5.41) is -1.95. The smallest absolute Gasteiger partial charge is 0.208 e. The predicted octanol–water partition coefficient (Wildman–Crippen LogP) is 6.17. The summed E-state index contributed by atoms with van der Waals surface area (Å²) in [5.41, 5.74) is -0.829. The van der Waals surface area contributed by atoms with Crippen molar-refractivity contribution < 1.29 is 19.2 Å². The second-order valence-electron chi connectivity index (χ2n) is 5.25. The van der Waals surface area contributed by atoms with Gasteiger partial charge in [-0.05, 0) is 39.2 Å². The summed E-state index contributed by atoms with van der Waals surface area (Å²) in [6.45, 7) is 0. The van der Waals surface area contributed by atoms with Gasteiger partial charge in [-0.3, -0.25) is 0 Å². The fraction of sp³-hybridized carbons (Fsp3) is 0. The van der Waals surface area contributed by atoms with Gasteiger partial charge in [0, 0.05) is 11.1 Å². The van der Waals surface area contributed by atoms with Gasteiger partial charge in [0.1, 0.15) is 0 Å². The van der Waals surface area contributed by atoms with E-state index in [2.05, 4.69) is 15.0 Å². The van der Waals surface area contributed by atoms with Crippen LogP contribution in [0.5, 0.6) is 0 Å². The zero-order valence-electron chi connectivity index (χ0n) is 27.2. The maximum absolute atomic E-state index is 8.73. The molecule has 3 nitrogen and oxygen atoms in total. The molecule has 0 amide bonds. The van der Waals surface area contributed by atoms with Crippen LogP contribution in [-0.4, -0.2) is 15.0 Å². The Morgan fingerprint density at radius 1 is 0.630 bits per heavy atom. The molecule has 0 aliphatic rings. The molecule has 0 bridgehead atoms. The van der Waals surface area contributed by atoms with Crippen LogP contribution >= 0.6 is 11.6 Å². The summed E-state index contributed by atoms with van der Waals surface area (Å²) >= 11 is 6.17. The third-order valence-corrected chi connectivity index (χ3v) is 3.79. The molecule has 0 radical (unpaired) electrons. The van der Waals surface area contributed by atoms with Crippen molar-refractivity contribution in [2.45, 2.75) is 0 Å². The molecular weight excluding hydrogens is 354 g/mol. The summed E-state index contributed by atoms with van der Waals surface area (Å²) in [6.07, 6.45) is 0. The third kappa shape index (κ3) is 2.92. The van der Waals surface area contributed by atoms with Gasteiger partial charge in [0.15, 0.2) is 11.6 Å². The molecule has 0 atom stereocenters. The lowest BCUT2D eigenvalue weighted by molar-refractivity contribution is 1.07.